The summed E-state index contributed by atoms with van der Waals surface area (Å²) in [6.07, 6.45) is 1.16. The van der Waals surface area contributed by atoms with Crippen molar-refractivity contribution in [3.8, 4) is 0 Å². The number of anilines is 1. The summed E-state index contributed by atoms with van der Waals surface area (Å²) < 4.78 is 0. The van der Waals surface area contributed by atoms with E-state index in [9.17, 15) is 0 Å². The van der Waals surface area contributed by atoms with Crippen molar-refractivity contribution in [2.45, 2.75) is 32.4 Å². The predicted octanol–water partition coefficient (Wildman–Crippen LogP) is 3.79. The molecule has 1 heterocycles. The highest BCUT2D eigenvalue weighted by atomic mass is 15.2. The molecule has 2 aromatic rings. The van der Waals surface area contributed by atoms with E-state index in [0.717, 1.165) is 19.5 Å². The zero-order chi connectivity index (χ0) is 14.7. The van der Waals surface area contributed by atoms with Crippen molar-refractivity contribution in [1.82, 2.24) is 5.32 Å². The van der Waals surface area contributed by atoms with Crippen LogP contribution in [0.3, 0.4) is 0 Å². The van der Waals surface area contributed by atoms with E-state index < -0.39 is 0 Å². The van der Waals surface area contributed by atoms with Crippen LogP contribution in [0.5, 0.6) is 0 Å². The number of para-hydroxylation sites is 1. The minimum atomic E-state index is 0.379. The summed E-state index contributed by atoms with van der Waals surface area (Å²) in [6, 6.07) is 20.5. The third-order valence-electron chi connectivity index (χ3n) is 4.38. The van der Waals surface area contributed by atoms with Gasteiger partial charge in [0.05, 0.1) is 0 Å². The lowest BCUT2D eigenvalue weighted by Gasteiger charge is -2.30. The lowest BCUT2D eigenvalue weighted by Crippen LogP contribution is -2.38. The van der Waals surface area contributed by atoms with Crippen LogP contribution in [0, 0.1) is 0 Å². The molecule has 0 fully saturated rings. The topological polar surface area (TPSA) is 15.3 Å². The molecule has 0 amide bonds. The van der Waals surface area contributed by atoms with E-state index in [1.54, 1.807) is 0 Å². The first-order valence-corrected chi connectivity index (χ1v) is 7.92. The molecule has 21 heavy (non-hydrogen) atoms. The van der Waals surface area contributed by atoms with Crippen LogP contribution in [0.1, 0.15) is 31.0 Å². The zero-order valence-corrected chi connectivity index (χ0v) is 12.9. The molecular formula is C19H24N2. The molecule has 2 heteroatoms. The van der Waals surface area contributed by atoms with Gasteiger partial charge in [-0.1, -0.05) is 55.5 Å². The van der Waals surface area contributed by atoms with Gasteiger partial charge in [0, 0.05) is 24.3 Å². The molecule has 0 saturated carbocycles. The third kappa shape index (κ3) is 2.96. The molecule has 1 N–H and O–H groups in total. The van der Waals surface area contributed by atoms with Gasteiger partial charge in [-0.25, -0.2) is 0 Å². The number of rotatable bonds is 5. The first kappa shape index (κ1) is 14.2. The van der Waals surface area contributed by atoms with Crippen molar-refractivity contribution in [1.29, 1.82) is 0 Å². The van der Waals surface area contributed by atoms with Gasteiger partial charge in [0.1, 0.15) is 0 Å². The molecule has 1 aliphatic rings. The normalized spacial score (nSPS) is 18.6. The fraction of sp³-hybridized carbons (Fsp3) is 0.368. The Balaban J connectivity index is 1.83. The summed E-state index contributed by atoms with van der Waals surface area (Å²) in [5.74, 6) is 0. The maximum Gasteiger partial charge on any atom is 0.0498 e. The second kappa shape index (κ2) is 6.31. The Hall–Kier alpha value is -1.80. The SMILES string of the molecule is CCNC(CN1c2ccccc2CC1C)c1ccccc1. The molecule has 0 aliphatic carbocycles. The highest BCUT2D eigenvalue weighted by Gasteiger charge is 2.27. The van der Waals surface area contributed by atoms with Crippen LogP contribution in [0.25, 0.3) is 0 Å². The molecule has 110 valence electrons. The Morgan fingerprint density at radius 2 is 1.81 bits per heavy atom. The second-order valence-corrected chi connectivity index (χ2v) is 5.86. The van der Waals surface area contributed by atoms with Crippen LogP contribution in [0.15, 0.2) is 54.6 Å². The predicted molar refractivity (Wildman–Crippen MR) is 89.8 cm³/mol. The molecule has 2 atom stereocenters. The van der Waals surface area contributed by atoms with Gasteiger partial charge >= 0.3 is 0 Å². The Morgan fingerprint density at radius 1 is 1.10 bits per heavy atom. The monoisotopic (exact) mass is 280 g/mol. The number of hydrogen-bond donors (Lipinski definition) is 1. The smallest absolute Gasteiger partial charge is 0.0498 e. The van der Waals surface area contributed by atoms with Gasteiger partial charge in [-0.3, -0.25) is 0 Å². The molecule has 0 aromatic heterocycles. The number of fused-ring (bicyclic) bond motifs is 1. The molecule has 2 aromatic carbocycles. The molecule has 2 unspecified atom stereocenters. The van der Waals surface area contributed by atoms with Crippen molar-refractivity contribution >= 4 is 5.69 Å². The number of nitrogens with one attached hydrogen (secondary N) is 1. The van der Waals surface area contributed by atoms with E-state index in [4.69, 9.17) is 0 Å². The average molecular weight is 280 g/mol. The van der Waals surface area contributed by atoms with Crippen LogP contribution in [-0.2, 0) is 6.42 Å². The maximum atomic E-state index is 3.64. The number of hydrogen-bond acceptors (Lipinski definition) is 2. The molecular weight excluding hydrogens is 256 g/mol. The molecule has 3 rings (SSSR count). The van der Waals surface area contributed by atoms with Crippen LogP contribution in [-0.4, -0.2) is 19.1 Å². The van der Waals surface area contributed by atoms with Gasteiger partial charge in [0.15, 0.2) is 0 Å². The van der Waals surface area contributed by atoms with Crippen molar-refractivity contribution in [3.05, 3.63) is 65.7 Å². The van der Waals surface area contributed by atoms with Gasteiger partial charge in [-0.15, -0.1) is 0 Å². The summed E-state index contributed by atoms with van der Waals surface area (Å²) >= 11 is 0. The lowest BCUT2D eigenvalue weighted by molar-refractivity contribution is 0.519. The van der Waals surface area contributed by atoms with E-state index in [1.807, 2.05) is 0 Å². The van der Waals surface area contributed by atoms with Gasteiger partial charge in [-0.2, -0.15) is 0 Å². The van der Waals surface area contributed by atoms with Crippen molar-refractivity contribution < 1.29 is 0 Å². The Bertz CT molecular complexity index is 579. The number of likely N-dealkylation sites (N-methyl/N-ethyl adjacent to an activating group) is 1. The second-order valence-electron chi connectivity index (χ2n) is 5.86. The molecule has 0 saturated heterocycles. The third-order valence-corrected chi connectivity index (χ3v) is 4.38. The van der Waals surface area contributed by atoms with Crippen LogP contribution >= 0.6 is 0 Å². The summed E-state index contributed by atoms with van der Waals surface area (Å²) in [7, 11) is 0. The van der Waals surface area contributed by atoms with Gasteiger partial charge in [-0.05, 0) is 37.1 Å². The largest absolute Gasteiger partial charge is 0.366 e. The summed E-state index contributed by atoms with van der Waals surface area (Å²) in [4.78, 5) is 2.55. The van der Waals surface area contributed by atoms with Crippen molar-refractivity contribution in [2.75, 3.05) is 18.0 Å². The lowest BCUT2D eigenvalue weighted by atomic mass is 10.1. The summed E-state index contributed by atoms with van der Waals surface area (Å²) in [5.41, 5.74) is 4.26. The molecule has 0 radical (unpaired) electrons. The molecule has 0 spiro atoms. The van der Waals surface area contributed by atoms with Crippen LogP contribution in [0.2, 0.25) is 0 Å². The molecule has 2 nitrogen and oxygen atoms in total. The standard InChI is InChI=1S/C19H24N2/c1-3-20-18(16-9-5-4-6-10-16)14-21-15(2)13-17-11-7-8-12-19(17)21/h4-12,15,18,20H,3,13-14H2,1-2H3. The number of nitrogens with zero attached hydrogens (tertiary/aromatic N) is 1. The highest BCUT2D eigenvalue weighted by molar-refractivity contribution is 5.59. The van der Waals surface area contributed by atoms with E-state index in [-0.39, 0.29) is 0 Å². The molecule has 1 aliphatic heterocycles. The van der Waals surface area contributed by atoms with Crippen molar-refractivity contribution in [3.63, 3.8) is 0 Å². The van der Waals surface area contributed by atoms with Crippen molar-refractivity contribution in [2.24, 2.45) is 0 Å². The van der Waals surface area contributed by atoms with Gasteiger partial charge < -0.3 is 10.2 Å². The minimum Gasteiger partial charge on any atom is -0.366 e. The number of benzene rings is 2. The quantitative estimate of drug-likeness (QED) is 0.896. The van der Waals surface area contributed by atoms with E-state index in [0.29, 0.717) is 12.1 Å². The zero-order valence-electron chi connectivity index (χ0n) is 12.9. The van der Waals surface area contributed by atoms with Gasteiger partial charge in [0.2, 0.25) is 0 Å². The molecule has 0 bridgehead atoms. The van der Waals surface area contributed by atoms with Crippen LogP contribution in [0.4, 0.5) is 5.69 Å². The average Bonchev–Trinajstić information content (AvgIpc) is 2.84. The van der Waals surface area contributed by atoms with Crippen LogP contribution < -0.4 is 10.2 Å². The summed E-state index contributed by atoms with van der Waals surface area (Å²) in [5, 5.41) is 3.64. The fourth-order valence-corrected chi connectivity index (χ4v) is 3.32. The highest BCUT2D eigenvalue weighted by Crippen LogP contribution is 2.33. The Labute approximate surface area is 127 Å². The fourth-order valence-electron chi connectivity index (χ4n) is 3.32. The van der Waals surface area contributed by atoms with E-state index in [1.165, 1.54) is 16.8 Å². The maximum absolute atomic E-state index is 3.64. The minimum absolute atomic E-state index is 0.379. The first-order chi connectivity index (χ1) is 10.3. The summed E-state index contributed by atoms with van der Waals surface area (Å²) in [6.45, 7) is 6.52. The van der Waals surface area contributed by atoms with E-state index in [2.05, 4.69) is 78.7 Å². The first-order valence-electron chi connectivity index (χ1n) is 7.92. The van der Waals surface area contributed by atoms with Gasteiger partial charge in [0.25, 0.3) is 0 Å². The van der Waals surface area contributed by atoms with E-state index >= 15 is 0 Å². The Morgan fingerprint density at radius 3 is 2.57 bits per heavy atom. The Kier molecular flexibility index (Phi) is 4.26.